The van der Waals surface area contributed by atoms with Crippen LogP contribution in [0.5, 0.6) is 0 Å². The third kappa shape index (κ3) is 1.16. The number of rotatable bonds is 1. The predicted molar refractivity (Wildman–Crippen MR) is 66.1 cm³/mol. The highest BCUT2D eigenvalue weighted by molar-refractivity contribution is 7.13. The van der Waals surface area contributed by atoms with Gasteiger partial charge in [0.05, 0.1) is 17.8 Å². The fourth-order valence-electron chi connectivity index (χ4n) is 1.87. The fourth-order valence-corrected chi connectivity index (χ4v) is 2.63. The average molecular weight is 225 g/mol. The molecule has 0 amide bonds. The van der Waals surface area contributed by atoms with E-state index >= 15 is 0 Å². The number of nitriles is 1. The van der Waals surface area contributed by atoms with Crippen molar-refractivity contribution in [3.05, 3.63) is 36.5 Å². The molecule has 2 aromatic heterocycles. The summed E-state index contributed by atoms with van der Waals surface area (Å²) in [6, 6.07) is 10.1. The number of hydrogen-bond acceptors (Lipinski definition) is 3. The summed E-state index contributed by atoms with van der Waals surface area (Å²) in [6.07, 6.45) is 5.13. The minimum atomic E-state index is 1.08. The van der Waals surface area contributed by atoms with E-state index in [4.69, 9.17) is 5.26 Å². The van der Waals surface area contributed by atoms with E-state index in [1.807, 2.05) is 35.0 Å². The molecule has 3 aromatic rings. The molecule has 0 unspecified atom stereocenters. The van der Waals surface area contributed by atoms with Crippen LogP contribution in [0.15, 0.2) is 36.5 Å². The topological polar surface area (TPSA) is 41.6 Å². The highest BCUT2D eigenvalue weighted by Crippen LogP contribution is 2.31. The third-order valence-electron chi connectivity index (χ3n) is 2.52. The summed E-state index contributed by atoms with van der Waals surface area (Å²) in [5.74, 6) is 0. The second-order valence-electron chi connectivity index (χ2n) is 3.38. The number of aromatic nitrogens is 2. The summed E-state index contributed by atoms with van der Waals surface area (Å²) in [6.45, 7) is 0. The number of benzene rings is 1. The molecule has 0 atom stereocenters. The average Bonchev–Trinajstić information content (AvgIpc) is 2.87. The van der Waals surface area contributed by atoms with Crippen LogP contribution in [0.25, 0.3) is 27.3 Å². The molecule has 0 aliphatic rings. The zero-order chi connectivity index (χ0) is 11.0. The van der Waals surface area contributed by atoms with Gasteiger partial charge in [-0.25, -0.2) is 0 Å². The highest BCUT2D eigenvalue weighted by atomic mass is 32.1. The molecule has 2 heterocycles. The van der Waals surface area contributed by atoms with E-state index in [0.717, 1.165) is 15.7 Å². The molecule has 76 valence electrons. The molecule has 0 spiro atoms. The summed E-state index contributed by atoms with van der Waals surface area (Å²) in [7, 11) is 0. The van der Waals surface area contributed by atoms with Gasteiger partial charge < -0.3 is 4.57 Å². The van der Waals surface area contributed by atoms with E-state index in [-0.39, 0.29) is 0 Å². The Hall–Kier alpha value is -2.12. The Morgan fingerprint density at radius 2 is 2.19 bits per heavy atom. The van der Waals surface area contributed by atoms with Crippen molar-refractivity contribution in [2.24, 2.45) is 0 Å². The fraction of sp³-hybridized carbons (Fsp3) is 0. The van der Waals surface area contributed by atoms with E-state index in [2.05, 4.69) is 10.4 Å². The summed E-state index contributed by atoms with van der Waals surface area (Å²) in [4.78, 5) is 1.08. The van der Waals surface area contributed by atoms with Crippen LogP contribution in [-0.4, -0.2) is 8.94 Å². The molecule has 0 bridgehead atoms. The lowest BCUT2D eigenvalue weighted by Crippen LogP contribution is -1.82. The van der Waals surface area contributed by atoms with Crippen LogP contribution in [0, 0.1) is 11.3 Å². The Morgan fingerprint density at radius 1 is 1.31 bits per heavy atom. The first-order valence-corrected chi connectivity index (χ1v) is 5.59. The van der Waals surface area contributed by atoms with Gasteiger partial charge in [0.1, 0.15) is 4.83 Å². The zero-order valence-corrected chi connectivity index (χ0v) is 9.11. The molecule has 0 N–H and O–H groups in total. The molecule has 3 rings (SSSR count). The maximum Gasteiger partial charge on any atom is 0.128 e. The van der Waals surface area contributed by atoms with Gasteiger partial charge in [-0.1, -0.05) is 18.2 Å². The number of fused-ring (bicyclic) bond motifs is 3. The number of para-hydroxylation sites is 1. The lowest BCUT2D eigenvalue weighted by atomic mass is 10.2. The van der Waals surface area contributed by atoms with Gasteiger partial charge in [0.25, 0.3) is 0 Å². The molecule has 0 aliphatic carbocycles. The van der Waals surface area contributed by atoms with Crippen molar-refractivity contribution in [2.45, 2.75) is 0 Å². The van der Waals surface area contributed by atoms with Gasteiger partial charge in [-0.15, -0.1) is 0 Å². The second kappa shape index (κ2) is 3.47. The van der Waals surface area contributed by atoms with Crippen molar-refractivity contribution >= 4 is 38.9 Å². The lowest BCUT2D eigenvalue weighted by Gasteiger charge is -1.96. The van der Waals surface area contributed by atoms with Gasteiger partial charge in [0.2, 0.25) is 0 Å². The van der Waals surface area contributed by atoms with E-state index in [9.17, 15) is 0 Å². The van der Waals surface area contributed by atoms with Crippen LogP contribution in [0.3, 0.4) is 0 Å². The smallest absolute Gasteiger partial charge is 0.128 e. The van der Waals surface area contributed by atoms with E-state index < -0.39 is 0 Å². The Morgan fingerprint density at radius 3 is 3.06 bits per heavy atom. The lowest BCUT2D eigenvalue weighted by molar-refractivity contribution is 1.31. The van der Waals surface area contributed by atoms with Crippen molar-refractivity contribution in [3.8, 4) is 6.07 Å². The maximum absolute atomic E-state index is 8.60. The molecule has 0 aliphatic heterocycles. The van der Waals surface area contributed by atoms with Crippen molar-refractivity contribution in [2.75, 3.05) is 0 Å². The van der Waals surface area contributed by atoms with Crippen molar-refractivity contribution < 1.29 is 0 Å². The molecule has 3 nitrogen and oxygen atoms in total. The van der Waals surface area contributed by atoms with Crippen LogP contribution in [0.4, 0.5) is 0 Å². The standard InChI is InChI=1S/C12H7N3S/c13-6-3-7-15-11-5-2-1-4-9(11)10-8-14-16-12(10)15/h1-5,7-8H. The Bertz CT molecular complexity index is 727. The second-order valence-corrected chi connectivity index (χ2v) is 4.16. The van der Waals surface area contributed by atoms with Gasteiger partial charge in [-0.05, 0) is 17.6 Å². The highest BCUT2D eigenvalue weighted by Gasteiger charge is 2.09. The number of allylic oxidation sites excluding steroid dienone is 1. The van der Waals surface area contributed by atoms with Gasteiger partial charge in [-0.2, -0.15) is 9.64 Å². The van der Waals surface area contributed by atoms with Crippen LogP contribution in [0.1, 0.15) is 0 Å². The molecule has 0 saturated carbocycles. The van der Waals surface area contributed by atoms with E-state index in [1.165, 1.54) is 23.0 Å². The third-order valence-corrected chi connectivity index (χ3v) is 3.32. The van der Waals surface area contributed by atoms with Gasteiger partial charge >= 0.3 is 0 Å². The zero-order valence-electron chi connectivity index (χ0n) is 8.29. The first kappa shape index (κ1) is 9.13. The Kier molecular flexibility index (Phi) is 1.98. The van der Waals surface area contributed by atoms with Gasteiger partial charge in [0.15, 0.2) is 0 Å². The molecular formula is C12H7N3S. The number of nitrogens with zero attached hydrogens (tertiary/aromatic N) is 3. The van der Waals surface area contributed by atoms with Gasteiger partial charge in [0, 0.05) is 23.0 Å². The molecule has 0 saturated heterocycles. The van der Waals surface area contributed by atoms with Crippen molar-refractivity contribution in [1.29, 1.82) is 5.26 Å². The van der Waals surface area contributed by atoms with Crippen molar-refractivity contribution in [3.63, 3.8) is 0 Å². The first-order chi connectivity index (χ1) is 7.92. The Balaban J connectivity index is 2.48. The van der Waals surface area contributed by atoms with Crippen molar-refractivity contribution in [1.82, 2.24) is 8.94 Å². The summed E-state index contributed by atoms with van der Waals surface area (Å²) in [5, 5.41) is 10.9. The molecule has 0 fully saturated rings. The molecule has 0 radical (unpaired) electrons. The molecular weight excluding hydrogens is 218 g/mol. The van der Waals surface area contributed by atoms with E-state index in [1.54, 1.807) is 6.20 Å². The number of hydrogen-bond donors (Lipinski definition) is 0. The largest absolute Gasteiger partial charge is 0.306 e. The summed E-state index contributed by atoms with van der Waals surface area (Å²) >= 11 is 1.44. The van der Waals surface area contributed by atoms with Crippen LogP contribution < -0.4 is 0 Å². The van der Waals surface area contributed by atoms with Crippen LogP contribution in [0.2, 0.25) is 0 Å². The molecule has 16 heavy (non-hydrogen) atoms. The monoisotopic (exact) mass is 225 g/mol. The first-order valence-electron chi connectivity index (χ1n) is 4.81. The SMILES string of the molecule is N#CC=Cn1c2ccccc2c2cnsc21. The van der Waals surface area contributed by atoms with Crippen LogP contribution in [-0.2, 0) is 0 Å². The Labute approximate surface area is 96.0 Å². The van der Waals surface area contributed by atoms with E-state index in [0.29, 0.717) is 0 Å². The maximum atomic E-state index is 8.60. The van der Waals surface area contributed by atoms with Crippen LogP contribution >= 0.6 is 11.5 Å². The predicted octanol–water partition coefficient (Wildman–Crippen LogP) is 3.25. The minimum absolute atomic E-state index is 1.08. The summed E-state index contributed by atoms with van der Waals surface area (Å²) in [5.41, 5.74) is 1.11. The minimum Gasteiger partial charge on any atom is -0.306 e. The van der Waals surface area contributed by atoms with Gasteiger partial charge in [-0.3, -0.25) is 0 Å². The summed E-state index contributed by atoms with van der Waals surface area (Å²) < 4.78 is 6.19. The normalized spacial score (nSPS) is 11.4. The molecule has 4 heteroatoms. The quantitative estimate of drug-likeness (QED) is 0.596. The molecule has 1 aromatic carbocycles.